The van der Waals surface area contributed by atoms with Gasteiger partial charge in [0.15, 0.2) is 5.82 Å². The number of aromatic amines is 1. The van der Waals surface area contributed by atoms with Crippen molar-refractivity contribution in [3.63, 3.8) is 0 Å². The molecule has 0 bridgehead atoms. The van der Waals surface area contributed by atoms with Crippen LogP contribution >= 0.6 is 0 Å². The zero-order valence-electron chi connectivity index (χ0n) is 15.2. The summed E-state index contributed by atoms with van der Waals surface area (Å²) in [6.45, 7) is 4.52. The lowest BCUT2D eigenvalue weighted by Gasteiger charge is -2.09. The number of hydrogen-bond acceptors (Lipinski definition) is 4. The van der Waals surface area contributed by atoms with Gasteiger partial charge in [0.2, 0.25) is 0 Å². The quantitative estimate of drug-likeness (QED) is 0.669. The maximum atomic E-state index is 12.5. The summed E-state index contributed by atoms with van der Waals surface area (Å²) >= 11 is 0. The molecular formula is C20H23N5O. The van der Waals surface area contributed by atoms with Gasteiger partial charge < -0.3 is 5.32 Å². The molecular weight excluding hydrogens is 326 g/mol. The third-order valence-corrected chi connectivity index (χ3v) is 4.77. The molecule has 0 radical (unpaired) electrons. The summed E-state index contributed by atoms with van der Waals surface area (Å²) in [5, 5.41) is 11.2. The third kappa shape index (κ3) is 3.59. The maximum absolute atomic E-state index is 12.5. The molecule has 6 heteroatoms. The molecule has 2 aromatic heterocycles. The molecule has 2 heterocycles. The molecule has 4 rings (SSSR count). The molecule has 1 aliphatic rings. The van der Waals surface area contributed by atoms with Crippen LogP contribution in [0.4, 0.5) is 0 Å². The fraction of sp³-hybridized carbons (Fsp3) is 0.400. The normalized spacial score (nSPS) is 13.9. The number of aromatic nitrogens is 4. The van der Waals surface area contributed by atoms with Crippen molar-refractivity contribution in [2.45, 2.75) is 45.4 Å². The van der Waals surface area contributed by atoms with E-state index in [2.05, 4.69) is 31.5 Å². The summed E-state index contributed by atoms with van der Waals surface area (Å²) in [4.78, 5) is 21.6. The average Bonchev–Trinajstić information content (AvgIpc) is 3.37. The van der Waals surface area contributed by atoms with Crippen molar-refractivity contribution in [2.24, 2.45) is 0 Å². The average molecular weight is 349 g/mol. The van der Waals surface area contributed by atoms with E-state index in [9.17, 15) is 4.79 Å². The van der Waals surface area contributed by atoms with E-state index < -0.39 is 0 Å². The lowest BCUT2D eigenvalue weighted by atomic mass is 10.1. The zero-order chi connectivity index (χ0) is 18.1. The van der Waals surface area contributed by atoms with Gasteiger partial charge >= 0.3 is 0 Å². The Morgan fingerprint density at radius 2 is 2.08 bits per heavy atom. The Bertz CT molecular complexity index is 958. The predicted octanol–water partition coefficient (Wildman–Crippen LogP) is 3.21. The molecule has 0 atom stereocenters. The van der Waals surface area contributed by atoms with Gasteiger partial charge in [-0.2, -0.15) is 5.10 Å². The number of pyridine rings is 1. The summed E-state index contributed by atoms with van der Waals surface area (Å²) in [7, 11) is 0. The van der Waals surface area contributed by atoms with E-state index in [0.717, 1.165) is 46.7 Å². The first-order valence-corrected chi connectivity index (χ1v) is 9.17. The first kappa shape index (κ1) is 16.7. The van der Waals surface area contributed by atoms with Crippen molar-refractivity contribution in [2.75, 3.05) is 6.54 Å². The Labute approximate surface area is 152 Å². The van der Waals surface area contributed by atoms with Gasteiger partial charge in [0.1, 0.15) is 5.82 Å². The van der Waals surface area contributed by atoms with Crippen molar-refractivity contribution in [1.29, 1.82) is 0 Å². The van der Waals surface area contributed by atoms with Crippen LogP contribution in [0.15, 0.2) is 24.3 Å². The van der Waals surface area contributed by atoms with E-state index >= 15 is 0 Å². The minimum atomic E-state index is -0.0744. The van der Waals surface area contributed by atoms with Crippen molar-refractivity contribution in [3.05, 3.63) is 52.7 Å². The summed E-state index contributed by atoms with van der Waals surface area (Å²) in [5.74, 6) is 2.33. The second kappa shape index (κ2) is 6.86. The number of rotatable bonds is 6. The van der Waals surface area contributed by atoms with Crippen LogP contribution in [0.5, 0.6) is 0 Å². The van der Waals surface area contributed by atoms with Crippen LogP contribution in [-0.4, -0.2) is 32.6 Å². The van der Waals surface area contributed by atoms with E-state index in [4.69, 9.17) is 0 Å². The molecule has 26 heavy (non-hydrogen) atoms. The molecule has 1 amide bonds. The standard InChI is InChI=1S/C20H23N5O/c1-12-5-8-17-15(10-12)11-16(13(2)22-17)20(26)21-9-3-4-18-23-19(25-24-18)14-6-7-14/h5,8,10-11,14H,3-4,6-7,9H2,1-2H3,(H,21,26)(H,23,24,25). The fourth-order valence-electron chi connectivity index (χ4n) is 3.12. The zero-order valence-corrected chi connectivity index (χ0v) is 15.2. The summed E-state index contributed by atoms with van der Waals surface area (Å²) < 4.78 is 0. The number of aryl methyl sites for hydroxylation is 3. The van der Waals surface area contributed by atoms with Crippen LogP contribution in [0.25, 0.3) is 10.9 Å². The molecule has 1 fully saturated rings. The van der Waals surface area contributed by atoms with Crippen LogP contribution in [0.2, 0.25) is 0 Å². The minimum Gasteiger partial charge on any atom is -0.352 e. The van der Waals surface area contributed by atoms with Gasteiger partial charge in [0.25, 0.3) is 5.91 Å². The first-order valence-electron chi connectivity index (χ1n) is 9.17. The Balaban J connectivity index is 1.35. The van der Waals surface area contributed by atoms with Crippen molar-refractivity contribution < 1.29 is 4.79 Å². The predicted molar refractivity (Wildman–Crippen MR) is 100 cm³/mol. The summed E-state index contributed by atoms with van der Waals surface area (Å²) in [6.07, 6.45) is 4.01. The monoisotopic (exact) mass is 349 g/mol. The van der Waals surface area contributed by atoms with Crippen LogP contribution < -0.4 is 5.32 Å². The van der Waals surface area contributed by atoms with Crippen molar-refractivity contribution in [3.8, 4) is 0 Å². The molecule has 6 nitrogen and oxygen atoms in total. The maximum Gasteiger partial charge on any atom is 0.253 e. The number of nitrogens with one attached hydrogen (secondary N) is 2. The Kier molecular flexibility index (Phi) is 4.41. The third-order valence-electron chi connectivity index (χ3n) is 4.77. The van der Waals surface area contributed by atoms with Crippen molar-refractivity contribution in [1.82, 2.24) is 25.5 Å². The Morgan fingerprint density at radius 3 is 2.88 bits per heavy atom. The lowest BCUT2D eigenvalue weighted by molar-refractivity contribution is 0.0952. The summed E-state index contributed by atoms with van der Waals surface area (Å²) in [5.41, 5.74) is 3.47. The molecule has 1 aliphatic carbocycles. The Morgan fingerprint density at radius 1 is 1.23 bits per heavy atom. The van der Waals surface area contributed by atoms with E-state index in [1.165, 1.54) is 12.8 Å². The van der Waals surface area contributed by atoms with Gasteiger partial charge in [-0.1, -0.05) is 11.6 Å². The van der Waals surface area contributed by atoms with Gasteiger partial charge in [-0.3, -0.25) is 14.9 Å². The van der Waals surface area contributed by atoms with Gasteiger partial charge in [-0.25, -0.2) is 4.98 Å². The topological polar surface area (TPSA) is 83.6 Å². The largest absolute Gasteiger partial charge is 0.352 e. The van der Waals surface area contributed by atoms with E-state index in [1.54, 1.807) is 0 Å². The molecule has 0 aliphatic heterocycles. The van der Waals surface area contributed by atoms with Crippen LogP contribution in [-0.2, 0) is 6.42 Å². The highest BCUT2D eigenvalue weighted by atomic mass is 16.1. The SMILES string of the molecule is Cc1ccc2nc(C)c(C(=O)NCCCc3nc(C4CC4)n[nH]3)cc2c1. The molecule has 1 aromatic carbocycles. The smallest absolute Gasteiger partial charge is 0.253 e. The molecule has 134 valence electrons. The second-order valence-corrected chi connectivity index (χ2v) is 7.09. The van der Waals surface area contributed by atoms with Gasteiger partial charge in [0.05, 0.1) is 16.8 Å². The van der Waals surface area contributed by atoms with Crippen LogP contribution in [0.3, 0.4) is 0 Å². The number of carbonyl (C=O) groups excluding carboxylic acids is 1. The highest BCUT2D eigenvalue weighted by Gasteiger charge is 2.27. The number of amides is 1. The number of H-pyrrole nitrogens is 1. The molecule has 0 unspecified atom stereocenters. The van der Waals surface area contributed by atoms with Crippen molar-refractivity contribution >= 4 is 16.8 Å². The summed E-state index contributed by atoms with van der Waals surface area (Å²) in [6, 6.07) is 8.01. The van der Waals surface area contributed by atoms with Gasteiger partial charge in [-0.15, -0.1) is 0 Å². The number of nitrogens with zero attached hydrogens (tertiary/aromatic N) is 3. The fourth-order valence-corrected chi connectivity index (χ4v) is 3.12. The Hall–Kier alpha value is -2.76. The molecule has 2 N–H and O–H groups in total. The van der Waals surface area contributed by atoms with Crippen LogP contribution in [0.1, 0.15) is 58.4 Å². The van der Waals surface area contributed by atoms with Crippen LogP contribution in [0, 0.1) is 13.8 Å². The number of carbonyl (C=O) groups is 1. The number of hydrogen-bond donors (Lipinski definition) is 2. The number of fused-ring (bicyclic) bond motifs is 1. The second-order valence-electron chi connectivity index (χ2n) is 7.09. The number of benzene rings is 1. The van der Waals surface area contributed by atoms with E-state index in [-0.39, 0.29) is 5.91 Å². The highest BCUT2D eigenvalue weighted by Crippen LogP contribution is 2.37. The molecule has 0 spiro atoms. The van der Waals surface area contributed by atoms with Gasteiger partial charge in [-0.05, 0) is 51.3 Å². The highest BCUT2D eigenvalue weighted by molar-refractivity contribution is 5.98. The van der Waals surface area contributed by atoms with Gasteiger partial charge in [0, 0.05) is 24.3 Å². The van der Waals surface area contributed by atoms with E-state index in [0.29, 0.717) is 18.0 Å². The van der Waals surface area contributed by atoms with E-state index in [1.807, 2.05) is 32.0 Å². The lowest BCUT2D eigenvalue weighted by Crippen LogP contribution is -2.26. The molecule has 1 saturated carbocycles. The first-order chi connectivity index (χ1) is 12.6. The molecule has 3 aromatic rings. The molecule has 0 saturated heterocycles. The minimum absolute atomic E-state index is 0.0744.